The summed E-state index contributed by atoms with van der Waals surface area (Å²) in [6.07, 6.45) is 0. The zero-order chi connectivity index (χ0) is 12.5. The van der Waals surface area contributed by atoms with Gasteiger partial charge in [-0.25, -0.2) is 0 Å². The Balaban J connectivity index is 1.96. The molecule has 0 aliphatic rings. The second kappa shape index (κ2) is 4.46. The van der Waals surface area contributed by atoms with Gasteiger partial charge < -0.3 is 5.32 Å². The van der Waals surface area contributed by atoms with E-state index in [9.17, 15) is 0 Å². The van der Waals surface area contributed by atoms with E-state index in [2.05, 4.69) is 65.8 Å². The number of rotatable bonds is 3. The minimum absolute atomic E-state index is 0.392. The average molecular weight is 257 g/mol. The highest BCUT2D eigenvalue weighted by Gasteiger charge is 2.07. The number of hydrogen-bond donors (Lipinski definition) is 2. The Morgan fingerprint density at radius 3 is 2.83 bits per heavy atom. The Morgan fingerprint density at radius 2 is 2.06 bits per heavy atom. The Morgan fingerprint density at radius 1 is 1.22 bits per heavy atom. The number of benzene rings is 1. The SMILES string of the molecule is CC(C)Nc1cc(-c2cc3ccccc3s2)[nH]n1. The topological polar surface area (TPSA) is 40.7 Å². The van der Waals surface area contributed by atoms with Crippen LogP contribution < -0.4 is 5.32 Å². The van der Waals surface area contributed by atoms with Gasteiger partial charge in [0.05, 0.1) is 10.6 Å². The minimum atomic E-state index is 0.392. The lowest BCUT2D eigenvalue weighted by atomic mass is 10.2. The molecule has 0 radical (unpaired) electrons. The normalized spacial score (nSPS) is 11.3. The van der Waals surface area contributed by atoms with Crippen LogP contribution in [0.4, 0.5) is 5.82 Å². The van der Waals surface area contributed by atoms with Crippen LogP contribution in [0, 0.1) is 0 Å². The molecule has 3 aromatic rings. The van der Waals surface area contributed by atoms with Crippen LogP contribution in [0.3, 0.4) is 0 Å². The summed E-state index contributed by atoms with van der Waals surface area (Å²) >= 11 is 1.78. The van der Waals surface area contributed by atoms with Gasteiger partial charge in [0.15, 0.2) is 0 Å². The van der Waals surface area contributed by atoms with E-state index in [1.165, 1.54) is 15.0 Å². The van der Waals surface area contributed by atoms with Crippen molar-refractivity contribution in [3.63, 3.8) is 0 Å². The van der Waals surface area contributed by atoms with E-state index in [4.69, 9.17) is 0 Å². The van der Waals surface area contributed by atoms with Crippen LogP contribution >= 0.6 is 11.3 Å². The fraction of sp³-hybridized carbons (Fsp3) is 0.214. The van der Waals surface area contributed by atoms with Crippen molar-refractivity contribution in [3.8, 4) is 10.6 Å². The molecule has 2 heterocycles. The highest BCUT2D eigenvalue weighted by molar-refractivity contribution is 7.22. The van der Waals surface area contributed by atoms with Gasteiger partial charge in [0.2, 0.25) is 0 Å². The van der Waals surface area contributed by atoms with Gasteiger partial charge in [-0.1, -0.05) is 18.2 Å². The van der Waals surface area contributed by atoms with Gasteiger partial charge in [0.25, 0.3) is 0 Å². The third-order valence-corrected chi connectivity index (χ3v) is 3.85. The molecule has 0 bridgehead atoms. The summed E-state index contributed by atoms with van der Waals surface area (Å²) in [5.74, 6) is 0.900. The van der Waals surface area contributed by atoms with Crippen LogP contribution in [0.25, 0.3) is 20.7 Å². The van der Waals surface area contributed by atoms with Crippen molar-refractivity contribution in [2.45, 2.75) is 19.9 Å². The minimum Gasteiger partial charge on any atom is -0.366 e. The van der Waals surface area contributed by atoms with E-state index in [0.717, 1.165) is 11.5 Å². The van der Waals surface area contributed by atoms with Gasteiger partial charge in [-0.15, -0.1) is 11.3 Å². The van der Waals surface area contributed by atoms with Gasteiger partial charge in [-0.05, 0) is 31.4 Å². The lowest BCUT2D eigenvalue weighted by Crippen LogP contribution is -2.09. The van der Waals surface area contributed by atoms with E-state index < -0.39 is 0 Å². The Bertz CT molecular complexity index is 633. The first-order valence-electron chi connectivity index (χ1n) is 6.03. The van der Waals surface area contributed by atoms with Gasteiger partial charge in [-0.3, -0.25) is 5.10 Å². The molecule has 0 saturated carbocycles. The van der Waals surface area contributed by atoms with E-state index in [-0.39, 0.29) is 0 Å². The number of H-pyrrole nitrogens is 1. The highest BCUT2D eigenvalue weighted by atomic mass is 32.1. The standard InChI is InChI=1S/C14H15N3S/c1-9(2)15-14-8-11(16-17-14)13-7-10-5-3-4-6-12(10)18-13/h3-9H,1-2H3,(H2,15,16,17). The lowest BCUT2D eigenvalue weighted by Gasteiger charge is -2.04. The summed E-state index contributed by atoms with van der Waals surface area (Å²) in [4.78, 5) is 1.22. The molecular weight excluding hydrogens is 242 g/mol. The zero-order valence-electron chi connectivity index (χ0n) is 10.4. The number of thiophene rings is 1. The van der Waals surface area contributed by atoms with Gasteiger partial charge in [0.1, 0.15) is 5.82 Å². The summed E-state index contributed by atoms with van der Waals surface area (Å²) in [7, 11) is 0. The van der Waals surface area contributed by atoms with E-state index in [1.807, 2.05) is 0 Å². The zero-order valence-corrected chi connectivity index (χ0v) is 11.2. The van der Waals surface area contributed by atoms with Crippen LogP contribution in [0.1, 0.15) is 13.8 Å². The molecule has 0 atom stereocenters. The number of fused-ring (bicyclic) bond motifs is 1. The first-order chi connectivity index (χ1) is 8.72. The molecule has 0 fully saturated rings. The number of aromatic amines is 1. The molecule has 4 heteroatoms. The second-order valence-electron chi connectivity index (χ2n) is 4.61. The first kappa shape index (κ1) is 11.3. The predicted octanol–water partition coefficient (Wildman–Crippen LogP) is 4.11. The van der Waals surface area contributed by atoms with Crippen molar-refractivity contribution in [3.05, 3.63) is 36.4 Å². The number of nitrogens with one attached hydrogen (secondary N) is 2. The maximum atomic E-state index is 4.27. The van der Waals surface area contributed by atoms with Crippen molar-refractivity contribution >= 4 is 27.2 Å². The molecular formula is C14H15N3S. The Hall–Kier alpha value is -1.81. The molecule has 0 saturated heterocycles. The van der Waals surface area contributed by atoms with Crippen LogP contribution in [0.5, 0.6) is 0 Å². The third-order valence-electron chi connectivity index (χ3n) is 2.71. The molecule has 2 N–H and O–H groups in total. The van der Waals surface area contributed by atoms with Gasteiger partial charge in [0, 0.05) is 16.8 Å². The smallest absolute Gasteiger partial charge is 0.148 e. The van der Waals surface area contributed by atoms with E-state index in [0.29, 0.717) is 6.04 Å². The van der Waals surface area contributed by atoms with Crippen LogP contribution in [0.15, 0.2) is 36.4 Å². The molecule has 1 aromatic carbocycles. The molecule has 2 aromatic heterocycles. The number of hydrogen-bond acceptors (Lipinski definition) is 3. The Labute approximate surface area is 110 Å². The summed E-state index contributed by atoms with van der Waals surface area (Å²) in [5.41, 5.74) is 1.07. The van der Waals surface area contributed by atoms with Crippen molar-refractivity contribution in [1.29, 1.82) is 0 Å². The van der Waals surface area contributed by atoms with Crippen LogP contribution in [0.2, 0.25) is 0 Å². The van der Waals surface area contributed by atoms with Gasteiger partial charge >= 0.3 is 0 Å². The van der Waals surface area contributed by atoms with Gasteiger partial charge in [-0.2, -0.15) is 5.10 Å². The quantitative estimate of drug-likeness (QED) is 0.741. The van der Waals surface area contributed by atoms with Crippen LogP contribution in [-0.4, -0.2) is 16.2 Å². The maximum absolute atomic E-state index is 4.27. The lowest BCUT2D eigenvalue weighted by molar-refractivity contribution is 0.884. The molecule has 0 unspecified atom stereocenters. The fourth-order valence-electron chi connectivity index (χ4n) is 1.93. The highest BCUT2D eigenvalue weighted by Crippen LogP contribution is 2.33. The molecule has 3 nitrogen and oxygen atoms in total. The fourth-order valence-corrected chi connectivity index (χ4v) is 2.96. The first-order valence-corrected chi connectivity index (χ1v) is 6.85. The van der Waals surface area contributed by atoms with Crippen molar-refractivity contribution in [1.82, 2.24) is 10.2 Å². The summed E-state index contributed by atoms with van der Waals surface area (Å²) in [6.45, 7) is 4.21. The van der Waals surface area contributed by atoms with Crippen molar-refractivity contribution < 1.29 is 0 Å². The maximum Gasteiger partial charge on any atom is 0.148 e. The molecule has 3 rings (SSSR count). The average Bonchev–Trinajstić information content (AvgIpc) is 2.93. The molecule has 0 aliphatic heterocycles. The molecule has 0 amide bonds. The number of nitrogens with zero attached hydrogens (tertiary/aromatic N) is 1. The molecule has 92 valence electrons. The monoisotopic (exact) mass is 257 g/mol. The Kier molecular flexibility index (Phi) is 2.80. The molecule has 0 aliphatic carbocycles. The predicted molar refractivity (Wildman–Crippen MR) is 78.2 cm³/mol. The molecule has 18 heavy (non-hydrogen) atoms. The van der Waals surface area contributed by atoms with Crippen molar-refractivity contribution in [2.75, 3.05) is 5.32 Å². The second-order valence-corrected chi connectivity index (χ2v) is 5.70. The number of aromatic nitrogens is 2. The third kappa shape index (κ3) is 2.11. The summed E-state index contributed by atoms with van der Waals surface area (Å²) in [5, 5.41) is 11.9. The largest absolute Gasteiger partial charge is 0.366 e. The summed E-state index contributed by atoms with van der Waals surface area (Å²) in [6, 6.07) is 13.1. The van der Waals surface area contributed by atoms with Crippen LogP contribution in [-0.2, 0) is 0 Å². The molecule has 0 spiro atoms. The number of anilines is 1. The summed E-state index contributed by atoms with van der Waals surface area (Å²) < 4.78 is 1.31. The van der Waals surface area contributed by atoms with Crippen molar-refractivity contribution in [2.24, 2.45) is 0 Å². The van der Waals surface area contributed by atoms with E-state index in [1.54, 1.807) is 11.3 Å². The van der Waals surface area contributed by atoms with E-state index >= 15 is 0 Å².